The zero-order valence-corrected chi connectivity index (χ0v) is 13.9. The van der Waals surface area contributed by atoms with Gasteiger partial charge in [0.05, 0.1) is 30.9 Å². The van der Waals surface area contributed by atoms with Gasteiger partial charge in [0.1, 0.15) is 0 Å². The first-order chi connectivity index (χ1) is 11.1. The summed E-state index contributed by atoms with van der Waals surface area (Å²) < 4.78 is 0. The van der Waals surface area contributed by atoms with Crippen LogP contribution in [0.2, 0.25) is 0 Å². The maximum atomic E-state index is 11.9. The number of hydrogen-bond acceptors (Lipinski definition) is 5. The fourth-order valence-electron chi connectivity index (χ4n) is 3.80. The molecule has 0 aromatic heterocycles. The molecule has 0 unspecified atom stereocenters. The quantitative estimate of drug-likeness (QED) is 0.413. The highest BCUT2D eigenvalue weighted by Gasteiger charge is 2.40. The van der Waals surface area contributed by atoms with Gasteiger partial charge in [0.15, 0.2) is 0 Å². The summed E-state index contributed by atoms with van der Waals surface area (Å²) in [5.74, 6) is 0.853. The highest BCUT2D eigenvalue weighted by atomic mass is 16.3. The summed E-state index contributed by atoms with van der Waals surface area (Å²) in [6.45, 7) is 0.0417. The predicted molar refractivity (Wildman–Crippen MR) is 87.9 cm³/mol. The smallest absolute Gasteiger partial charge is 0.220 e. The molecular formula is C17H32N2O4. The first-order valence-electron chi connectivity index (χ1n) is 9.11. The standard InChI is InChI=1S/C17H32N2O4/c20-11-14-17(23)16(22)13(19-14)10-18-15(21)9-5-4-8-12-6-2-1-3-7-12/h12-14,16-17,19-20,22-23H,1-11H2,(H,18,21)/t13-,14-,16-,17+/m1/s1. The van der Waals surface area contributed by atoms with E-state index in [0.717, 1.165) is 18.8 Å². The summed E-state index contributed by atoms with van der Waals surface area (Å²) in [4.78, 5) is 11.9. The Kier molecular flexibility index (Phi) is 7.76. The molecule has 1 amide bonds. The summed E-state index contributed by atoms with van der Waals surface area (Å²) in [5, 5.41) is 34.4. The molecule has 1 saturated heterocycles. The molecule has 1 aliphatic heterocycles. The van der Waals surface area contributed by atoms with Crippen molar-refractivity contribution in [2.75, 3.05) is 13.2 Å². The summed E-state index contributed by atoms with van der Waals surface area (Å²) in [6, 6.07) is -0.935. The topological polar surface area (TPSA) is 102 Å². The fourth-order valence-corrected chi connectivity index (χ4v) is 3.80. The number of rotatable bonds is 8. The number of aliphatic hydroxyl groups excluding tert-OH is 3. The van der Waals surface area contributed by atoms with E-state index in [-0.39, 0.29) is 19.1 Å². The van der Waals surface area contributed by atoms with Crippen molar-refractivity contribution in [3.05, 3.63) is 0 Å². The van der Waals surface area contributed by atoms with Crippen LogP contribution in [0.5, 0.6) is 0 Å². The van der Waals surface area contributed by atoms with Gasteiger partial charge in [0.2, 0.25) is 5.91 Å². The van der Waals surface area contributed by atoms with E-state index in [4.69, 9.17) is 5.11 Å². The van der Waals surface area contributed by atoms with Crippen molar-refractivity contribution in [2.45, 2.75) is 82.1 Å². The Morgan fingerprint density at radius 2 is 1.74 bits per heavy atom. The molecule has 1 heterocycles. The van der Waals surface area contributed by atoms with Crippen LogP contribution < -0.4 is 10.6 Å². The second-order valence-electron chi connectivity index (χ2n) is 7.10. The molecule has 0 radical (unpaired) electrons. The fraction of sp³-hybridized carbons (Fsp3) is 0.941. The number of carbonyl (C=O) groups is 1. The summed E-state index contributed by atoms with van der Waals surface area (Å²) in [6.07, 6.45) is 8.63. The van der Waals surface area contributed by atoms with E-state index in [1.165, 1.54) is 38.5 Å². The molecule has 0 aromatic rings. The van der Waals surface area contributed by atoms with Gasteiger partial charge in [-0.25, -0.2) is 0 Å². The Labute approximate surface area is 138 Å². The minimum atomic E-state index is -0.989. The lowest BCUT2D eigenvalue weighted by Gasteiger charge is -2.21. The highest BCUT2D eigenvalue weighted by Crippen LogP contribution is 2.27. The maximum Gasteiger partial charge on any atom is 0.220 e. The van der Waals surface area contributed by atoms with E-state index in [9.17, 15) is 15.0 Å². The van der Waals surface area contributed by atoms with Crippen molar-refractivity contribution < 1.29 is 20.1 Å². The Balaban J connectivity index is 1.54. The van der Waals surface area contributed by atoms with Crippen LogP contribution in [0, 0.1) is 5.92 Å². The second-order valence-corrected chi connectivity index (χ2v) is 7.10. The SMILES string of the molecule is O=C(CCCCC1CCCCC1)NC[C@H]1N[C@H](CO)[C@H](O)[C@@H]1O. The average Bonchev–Trinajstić information content (AvgIpc) is 2.85. The zero-order valence-electron chi connectivity index (χ0n) is 13.9. The third-order valence-electron chi connectivity index (χ3n) is 5.31. The van der Waals surface area contributed by atoms with Crippen LogP contribution >= 0.6 is 0 Å². The molecule has 2 rings (SSSR count). The van der Waals surface area contributed by atoms with E-state index in [1.54, 1.807) is 0 Å². The molecular weight excluding hydrogens is 296 g/mol. The minimum Gasteiger partial charge on any atom is -0.395 e. The van der Waals surface area contributed by atoms with E-state index in [1.807, 2.05) is 0 Å². The summed E-state index contributed by atoms with van der Waals surface area (Å²) in [7, 11) is 0. The highest BCUT2D eigenvalue weighted by molar-refractivity contribution is 5.75. The summed E-state index contributed by atoms with van der Waals surface area (Å²) >= 11 is 0. The van der Waals surface area contributed by atoms with Crippen LogP contribution in [0.4, 0.5) is 0 Å². The lowest BCUT2D eigenvalue weighted by molar-refractivity contribution is -0.121. The number of unbranched alkanes of at least 4 members (excludes halogenated alkanes) is 1. The molecule has 0 spiro atoms. The molecule has 0 aromatic carbocycles. The van der Waals surface area contributed by atoms with Gasteiger partial charge in [0, 0.05) is 13.0 Å². The van der Waals surface area contributed by atoms with Crippen molar-refractivity contribution in [3.8, 4) is 0 Å². The van der Waals surface area contributed by atoms with Crippen LogP contribution in [0.15, 0.2) is 0 Å². The van der Waals surface area contributed by atoms with Gasteiger partial charge in [-0.2, -0.15) is 0 Å². The maximum absolute atomic E-state index is 11.9. The van der Waals surface area contributed by atoms with E-state index in [2.05, 4.69) is 10.6 Å². The zero-order chi connectivity index (χ0) is 16.7. The normalized spacial score (nSPS) is 32.1. The van der Waals surface area contributed by atoms with E-state index >= 15 is 0 Å². The van der Waals surface area contributed by atoms with Crippen LogP contribution in [0.25, 0.3) is 0 Å². The van der Waals surface area contributed by atoms with Crippen molar-refractivity contribution >= 4 is 5.91 Å². The van der Waals surface area contributed by atoms with Crippen molar-refractivity contribution in [2.24, 2.45) is 5.92 Å². The molecule has 1 aliphatic carbocycles. The predicted octanol–water partition coefficient (Wildman–Crippen LogP) is 0.298. The molecule has 23 heavy (non-hydrogen) atoms. The van der Waals surface area contributed by atoms with Gasteiger partial charge in [-0.3, -0.25) is 4.79 Å². The number of nitrogens with one attached hydrogen (secondary N) is 2. The Bertz CT molecular complexity index is 361. The second kappa shape index (κ2) is 9.57. The van der Waals surface area contributed by atoms with E-state index < -0.39 is 24.3 Å². The van der Waals surface area contributed by atoms with Crippen molar-refractivity contribution in [3.63, 3.8) is 0 Å². The Morgan fingerprint density at radius 1 is 1.04 bits per heavy atom. The first kappa shape index (κ1) is 18.6. The van der Waals surface area contributed by atoms with Crippen molar-refractivity contribution in [1.29, 1.82) is 0 Å². The number of carbonyl (C=O) groups excluding carboxylic acids is 1. The molecule has 2 aliphatic rings. The van der Waals surface area contributed by atoms with Crippen LogP contribution in [0.1, 0.15) is 57.8 Å². The number of amides is 1. The number of aliphatic hydroxyl groups is 3. The number of hydrogen-bond donors (Lipinski definition) is 5. The van der Waals surface area contributed by atoms with E-state index in [0.29, 0.717) is 6.42 Å². The van der Waals surface area contributed by atoms with Gasteiger partial charge < -0.3 is 26.0 Å². The third kappa shape index (κ3) is 5.71. The van der Waals surface area contributed by atoms with Crippen LogP contribution in [-0.2, 0) is 4.79 Å². The molecule has 6 nitrogen and oxygen atoms in total. The molecule has 134 valence electrons. The van der Waals surface area contributed by atoms with Gasteiger partial charge in [-0.1, -0.05) is 44.9 Å². The monoisotopic (exact) mass is 328 g/mol. The Hall–Kier alpha value is -0.690. The molecule has 1 saturated carbocycles. The lowest BCUT2D eigenvalue weighted by Crippen LogP contribution is -2.44. The lowest BCUT2D eigenvalue weighted by atomic mass is 9.85. The van der Waals surface area contributed by atoms with Crippen LogP contribution in [-0.4, -0.2) is 58.7 Å². The largest absolute Gasteiger partial charge is 0.395 e. The van der Waals surface area contributed by atoms with Gasteiger partial charge in [0.25, 0.3) is 0 Å². The molecule has 2 fully saturated rings. The summed E-state index contributed by atoms with van der Waals surface area (Å²) in [5.41, 5.74) is 0. The molecule has 6 heteroatoms. The van der Waals surface area contributed by atoms with Gasteiger partial charge in [-0.15, -0.1) is 0 Å². The van der Waals surface area contributed by atoms with Crippen molar-refractivity contribution in [1.82, 2.24) is 10.6 Å². The van der Waals surface area contributed by atoms with Gasteiger partial charge in [-0.05, 0) is 12.3 Å². The van der Waals surface area contributed by atoms with Gasteiger partial charge >= 0.3 is 0 Å². The Morgan fingerprint density at radius 3 is 2.39 bits per heavy atom. The molecule has 4 atom stereocenters. The first-order valence-corrected chi connectivity index (χ1v) is 9.11. The minimum absolute atomic E-state index is 0.00965. The molecule has 0 bridgehead atoms. The average molecular weight is 328 g/mol. The third-order valence-corrected chi connectivity index (χ3v) is 5.31. The van der Waals surface area contributed by atoms with Crippen LogP contribution in [0.3, 0.4) is 0 Å². The molecule has 5 N–H and O–H groups in total.